The highest BCUT2D eigenvalue weighted by molar-refractivity contribution is 9.11. The van der Waals surface area contributed by atoms with Crippen molar-refractivity contribution < 1.29 is 0 Å². The van der Waals surface area contributed by atoms with E-state index >= 15 is 0 Å². The zero-order valence-corrected chi connectivity index (χ0v) is 12.1. The van der Waals surface area contributed by atoms with Gasteiger partial charge in [0.25, 0.3) is 0 Å². The van der Waals surface area contributed by atoms with Crippen LogP contribution in [0, 0.1) is 0 Å². The van der Waals surface area contributed by atoms with Gasteiger partial charge in [-0.15, -0.1) is 11.3 Å². The van der Waals surface area contributed by atoms with Gasteiger partial charge in [-0.3, -0.25) is 4.90 Å². The van der Waals surface area contributed by atoms with Crippen LogP contribution in [0.1, 0.15) is 11.1 Å². The largest absolute Gasteiger partial charge is 0.399 e. The zero-order chi connectivity index (χ0) is 12.3. The first kappa shape index (κ1) is 12.6. The van der Waals surface area contributed by atoms with E-state index in [0.717, 1.165) is 18.8 Å². The summed E-state index contributed by atoms with van der Waals surface area (Å²) < 4.78 is 1.19. The van der Waals surface area contributed by atoms with Crippen LogP contribution >= 0.6 is 27.3 Å². The van der Waals surface area contributed by atoms with Crippen LogP contribution in [0.2, 0.25) is 0 Å². The molecule has 0 aliphatic heterocycles. The molecular formula is C13H15BrN2S. The highest BCUT2D eigenvalue weighted by Gasteiger charge is 2.03. The maximum absolute atomic E-state index is 5.77. The standard InChI is InChI=1S/C13H15BrN2S/c1-16(8-11-6-13(14)17-9-11)7-10-3-2-4-12(15)5-10/h2-6,9H,7-8,15H2,1H3. The van der Waals surface area contributed by atoms with E-state index in [4.69, 9.17) is 5.73 Å². The Morgan fingerprint density at radius 1 is 1.24 bits per heavy atom. The summed E-state index contributed by atoms with van der Waals surface area (Å²) in [5.74, 6) is 0. The SMILES string of the molecule is CN(Cc1cccc(N)c1)Cc1csc(Br)c1. The molecule has 0 aliphatic carbocycles. The lowest BCUT2D eigenvalue weighted by molar-refractivity contribution is 0.319. The van der Waals surface area contributed by atoms with Gasteiger partial charge in [0.15, 0.2) is 0 Å². The first-order valence-corrected chi connectivity index (χ1v) is 7.06. The van der Waals surface area contributed by atoms with Crippen LogP contribution in [0.4, 0.5) is 5.69 Å². The summed E-state index contributed by atoms with van der Waals surface area (Å²) in [6.45, 7) is 1.87. The van der Waals surface area contributed by atoms with E-state index in [2.05, 4.69) is 45.4 Å². The minimum atomic E-state index is 0.828. The third kappa shape index (κ3) is 3.84. The maximum Gasteiger partial charge on any atom is 0.0701 e. The number of thiophene rings is 1. The van der Waals surface area contributed by atoms with E-state index < -0.39 is 0 Å². The lowest BCUT2D eigenvalue weighted by Gasteiger charge is -2.16. The van der Waals surface area contributed by atoms with Gasteiger partial charge in [0.05, 0.1) is 3.79 Å². The normalized spacial score (nSPS) is 11.0. The van der Waals surface area contributed by atoms with E-state index in [-0.39, 0.29) is 0 Å². The molecule has 0 amide bonds. The van der Waals surface area contributed by atoms with Crippen LogP contribution in [0.15, 0.2) is 39.5 Å². The third-order valence-electron chi connectivity index (χ3n) is 2.48. The Balaban J connectivity index is 1.95. The number of nitrogen functional groups attached to an aromatic ring is 1. The minimum absolute atomic E-state index is 0.828. The molecule has 1 aromatic heterocycles. The van der Waals surface area contributed by atoms with Crippen LogP contribution in [-0.4, -0.2) is 11.9 Å². The lowest BCUT2D eigenvalue weighted by Crippen LogP contribution is -2.16. The number of halogens is 1. The fourth-order valence-corrected chi connectivity index (χ4v) is 3.00. The summed E-state index contributed by atoms with van der Waals surface area (Å²) in [6, 6.07) is 10.2. The molecule has 0 unspecified atom stereocenters. The summed E-state index contributed by atoms with van der Waals surface area (Å²) in [5.41, 5.74) is 9.19. The Kier molecular flexibility index (Phi) is 4.20. The first-order chi connectivity index (χ1) is 8.13. The number of benzene rings is 1. The van der Waals surface area contributed by atoms with E-state index in [1.54, 1.807) is 11.3 Å². The molecule has 0 atom stereocenters. The molecule has 90 valence electrons. The average Bonchev–Trinajstić information content (AvgIpc) is 2.63. The molecule has 2 aromatic rings. The monoisotopic (exact) mass is 310 g/mol. The van der Waals surface area contributed by atoms with Gasteiger partial charge in [0.2, 0.25) is 0 Å². The van der Waals surface area contributed by atoms with Gasteiger partial charge in [0.1, 0.15) is 0 Å². The van der Waals surface area contributed by atoms with Crippen molar-refractivity contribution >= 4 is 33.0 Å². The molecule has 0 radical (unpaired) electrons. The molecule has 4 heteroatoms. The molecule has 1 aromatic carbocycles. The molecule has 2 nitrogen and oxygen atoms in total. The summed E-state index contributed by atoms with van der Waals surface area (Å²) in [5, 5.41) is 2.18. The highest BCUT2D eigenvalue weighted by Crippen LogP contribution is 2.22. The Hall–Kier alpha value is -0.840. The molecule has 0 spiro atoms. The molecule has 17 heavy (non-hydrogen) atoms. The summed E-state index contributed by atoms with van der Waals surface area (Å²) in [4.78, 5) is 2.28. The predicted octanol–water partition coefficient (Wildman–Crippen LogP) is 3.72. The second kappa shape index (κ2) is 5.67. The molecule has 0 saturated heterocycles. The first-order valence-electron chi connectivity index (χ1n) is 5.39. The summed E-state index contributed by atoms with van der Waals surface area (Å²) in [6.07, 6.45) is 0. The number of nitrogens with zero attached hydrogens (tertiary/aromatic N) is 1. The molecule has 2 rings (SSSR count). The van der Waals surface area contributed by atoms with Crippen LogP contribution in [0.3, 0.4) is 0 Å². The second-order valence-electron chi connectivity index (χ2n) is 4.18. The lowest BCUT2D eigenvalue weighted by atomic mass is 10.2. The van der Waals surface area contributed by atoms with Crippen molar-refractivity contribution in [2.45, 2.75) is 13.1 Å². The Bertz CT molecular complexity index is 496. The van der Waals surface area contributed by atoms with Gasteiger partial charge in [-0.05, 0) is 57.7 Å². The highest BCUT2D eigenvalue weighted by atomic mass is 79.9. The van der Waals surface area contributed by atoms with Crippen molar-refractivity contribution in [3.05, 3.63) is 50.6 Å². The zero-order valence-electron chi connectivity index (χ0n) is 9.69. The van der Waals surface area contributed by atoms with Gasteiger partial charge in [-0.2, -0.15) is 0 Å². The smallest absolute Gasteiger partial charge is 0.0701 e. The number of rotatable bonds is 4. The topological polar surface area (TPSA) is 29.3 Å². The molecular weight excluding hydrogens is 296 g/mol. The van der Waals surface area contributed by atoms with Crippen molar-refractivity contribution in [3.8, 4) is 0 Å². The van der Waals surface area contributed by atoms with Crippen molar-refractivity contribution in [3.63, 3.8) is 0 Å². The number of anilines is 1. The van der Waals surface area contributed by atoms with Crippen molar-refractivity contribution in [2.75, 3.05) is 12.8 Å². The van der Waals surface area contributed by atoms with Crippen LogP contribution < -0.4 is 5.73 Å². The molecule has 0 aliphatic rings. The van der Waals surface area contributed by atoms with Gasteiger partial charge >= 0.3 is 0 Å². The minimum Gasteiger partial charge on any atom is -0.399 e. The van der Waals surface area contributed by atoms with E-state index in [0.29, 0.717) is 0 Å². The van der Waals surface area contributed by atoms with Crippen LogP contribution in [0.25, 0.3) is 0 Å². The number of hydrogen-bond donors (Lipinski definition) is 1. The Labute approximate surface area is 114 Å². The quantitative estimate of drug-likeness (QED) is 0.872. The average molecular weight is 311 g/mol. The van der Waals surface area contributed by atoms with Crippen molar-refractivity contribution in [2.24, 2.45) is 0 Å². The van der Waals surface area contributed by atoms with E-state index in [9.17, 15) is 0 Å². The van der Waals surface area contributed by atoms with Crippen molar-refractivity contribution in [1.82, 2.24) is 4.90 Å². The van der Waals surface area contributed by atoms with Crippen LogP contribution in [0.5, 0.6) is 0 Å². The fraction of sp³-hybridized carbons (Fsp3) is 0.231. The van der Waals surface area contributed by atoms with Gasteiger partial charge in [-0.1, -0.05) is 12.1 Å². The molecule has 0 bridgehead atoms. The van der Waals surface area contributed by atoms with Gasteiger partial charge in [-0.25, -0.2) is 0 Å². The number of hydrogen-bond acceptors (Lipinski definition) is 3. The molecule has 2 N–H and O–H groups in total. The Morgan fingerprint density at radius 3 is 2.65 bits per heavy atom. The predicted molar refractivity (Wildman–Crippen MR) is 78.0 cm³/mol. The fourth-order valence-electron chi connectivity index (χ4n) is 1.80. The Morgan fingerprint density at radius 2 is 2.00 bits per heavy atom. The van der Waals surface area contributed by atoms with Gasteiger partial charge < -0.3 is 5.73 Å². The number of nitrogens with two attached hydrogens (primary N) is 1. The van der Waals surface area contributed by atoms with Crippen molar-refractivity contribution in [1.29, 1.82) is 0 Å². The molecule has 1 heterocycles. The summed E-state index contributed by atoms with van der Waals surface area (Å²) in [7, 11) is 2.12. The third-order valence-corrected chi connectivity index (χ3v) is 4.03. The van der Waals surface area contributed by atoms with E-state index in [1.165, 1.54) is 14.9 Å². The molecule has 0 fully saturated rings. The van der Waals surface area contributed by atoms with E-state index in [1.807, 2.05) is 18.2 Å². The molecule has 0 saturated carbocycles. The van der Waals surface area contributed by atoms with Gasteiger partial charge in [0, 0.05) is 18.8 Å². The maximum atomic E-state index is 5.77. The summed E-state index contributed by atoms with van der Waals surface area (Å²) >= 11 is 5.21. The second-order valence-corrected chi connectivity index (χ2v) is 6.47. The van der Waals surface area contributed by atoms with Crippen LogP contribution in [-0.2, 0) is 13.1 Å².